The van der Waals surface area contributed by atoms with Gasteiger partial charge in [0.15, 0.2) is 5.69 Å². The highest BCUT2D eigenvalue weighted by Crippen LogP contribution is 2.33. The fraction of sp³-hybridized carbons (Fsp3) is 0.400. The minimum Gasteiger partial charge on any atom is -0.383 e. The maximum atomic E-state index is 13.0. The fourth-order valence-electron chi connectivity index (χ4n) is 2.05. The van der Waals surface area contributed by atoms with Gasteiger partial charge in [0.25, 0.3) is 5.91 Å². The third-order valence-electron chi connectivity index (χ3n) is 3.25. The van der Waals surface area contributed by atoms with Gasteiger partial charge in [-0.3, -0.25) is 4.79 Å². The van der Waals surface area contributed by atoms with E-state index in [-0.39, 0.29) is 11.4 Å². The molecule has 0 bridgehead atoms. The maximum Gasteiger partial charge on any atom is 0.418 e. The molecule has 0 fully saturated rings. The van der Waals surface area contributed by atoms with Crippen LogP contribution in [0.25, 0.3) is 5.69 Å². The van der Waals surface area contributed by atoms with Crippen molar-refractivity contribution in [3.8, 4) is 5.69 Å². The summed E-state index contributed by atoms with van der Waals surface area (Å²) in [6, 6.07) is 4.95. The van der Waals surface area contributed by atoms with Crippen LogP contribution in [0.4, 0.5) is 13.2 Å². The monoisotopic (exact) mass is 357 g/mol. The molecule has 0 aliphatic carbocycles. The van der Waals surface area contributed by atoms with Crippen LogP contribution in [0.15, 0.2) is 30.5 Å². The number of alkyl halides is 3. The van der Waals surface area contributed by atoms with Crippen LogP contribution in [0, 0.1) is 0 Å². The summed E-state index contributed by atoms with van der Waals surface area (Å²) in [4.78, 5) is 12.0. The Labute approximate surface area is 142 Å². The van der Waals surface area contributed by atoms with Crippen LogP contribution in [0.5, 0.6) is 0 Å². The van der Waals surface area contributed by atoms with Gasteiger partial charge in [-0.2, -0.15) is 13.2 Å². The van der Waals surface area contributed by atoms with E-state index in [4.69, 9.17) is 4.74 Å². The summed E-state index contributed by atoms with van der Waals surface area (Å²) in [7, 11) is 1.59. The zero-order valence-electron chi connectivity index (χ0n) is 13.5. The zero-order chi connectivity index (χ0) is 18.3. The summed E-state index contributed by atoms with van der Waals surface area (Å²) < 4.78 is 44.9. The van der Waals surface area contributed by atoms with E-state index in [0.29, 0.717) is 26.2 Å². The first-order chi connectivity index (χ1) is 11.9. The Hall–Kier alpha value is -2.46. The highest BCUT2D eigenvalue weighted by atomic mass is 19.4. The highest BCUT2D eigenvalue weighted by Gasteiger charge is 2.34. The van der Waals surface area contributed by atoms with Crippen LogP contribution in [0.1, 0.15) is 16.1 Å². The molecule has 10 heteroatoms. The summed E-state index contributed by atoms with van der Waals surface area (Å²) in [5.74, 6) is -0.510. The van der Waals surface area contributed by atoms with Crippen LogP contribution >= 0.6 is 0 Å². The molecule has 0 aliphatic heterocycles. The van der Waals surface area contributed by atoms with Crippen molar-refractivity contribution < 1.29 is 22.7 Å². The van der Waals surface area contributed by atoms with Crippen molar-refractivity contribution in [2.45, 2.75) is 6.18 Å². The van der Waals surface area contributed by atoms with E-state index in [0.717, 1.165) is 16.9 Å². The Morgan fingerprint density at radius 1 is 1.24 bits per heavy atom. The lowest BCUT2D eigenvalue weighted by Crippen LogP contribution is -2.33. The van der Waals surface area contributed by atoms with Crippen molar-refractivity contribution in [2.75, 3.05) is 33.4 Å². The number of hydrogen-bond donors (Lipinski definition) is 2. The number of carbonyl (C=O) groups is 1. The van der Waals surface area contributed by atoms with Crippen LogP contribution in [0.2, 0.25) is 0 Å². The lowest BCUT2D eigenvalue weighted by atomic mass is 10.1. The smallest absolute Gasteiger partial charge is 0.383 e. The number of aromatic nitrogens is 3. The zero-order valence-corrected chi connectivity index (χ0v) is 13.5. The molecule has 0 radical (unpaired) electrons. The number of halogens is 3. The fourth-order valence-corrected chi connectivity index (χ4v) is 2.05. The summed E-state index contributed by atoms with van der Waals surface area (Å²) in [5, 5.41) is 12.9. The topological polar surface area (TPSA) is 81.1 Å². The van der Waals surface area contributed by atoms with E-state index in [1.165, 1.54) is 18.2 Å². The third-order valence-corrected chi connectivity index (χ3v) is 3.25. The molecule has 0 spiro atoms. The SMILES string of the molecule is COCCNCCNC(=O)c1cn(-c2ccccc2C(F)(F)F)nn1. The number of rotatable bonds is 8. The van der Waals surface area contributed by atoms with Crippen molar-refractivity contribution >= 4 is 5.91 Å². The molecule has 0 unspecified atom stereocenters. The Balaban J connectivity index is 2.00. The maximum absolute atomic E-state index is 13.0. The molecule has 1 aromatic heterocycles. The van der Waals surface area contributed by atoms with Crippen LogP contribution < -0.4 is 10.6 Å². The van der Waals surface area contributed by atoms with Gasteiger partial charge in [-0.25, -0.2) is 4.68 Å². The molecule has 1 aromatic carbocycles. The van der Waals surface area contributed by atoms with Crippen LogP contribution in [0.3, 0.4) is 0 Å². The van der Waals surface area contributed by atoms with Crippen LogP contribution in [-0.2, 0) is 10.9 Å². The van der Waals surface area contributed by atoms with E-state index < -0.39 is 17.6 Å². The Morgan fingerprint density at radius 2 is 2.00 bits per heavy atom. The van der Waals surface area contributed by atoms with Gasteiger partial charge < -0.3 is 15.4 Å². The second-order valence-electron chi connectivity index (χ2n) is 5.06. The van der Waals surface area contributed by atoms with Gasteiger partial charge in [-0.05, 0) is 12.1 Å². The molecule has 0 atom stereocenters. The molecule has 1 amide bonds. The number of methoxy groups -OCH3 is 1. The number of benzene rings is 1. The van der Waals surface area contributed by atoms with Crippen molar-refractivity contribution in [3.05, 3.63) is 41.7 Å². The summed E-state index contributed by atoms with van der Waals surface area (Å²) in [5.41, 5.74) is -1.11. The predicted molar refractivity (Wildman–Crippen MR) is 83.4 cm³/mol. The molecule has 25 heavy (non-hydrogen) atoms. The number of para-hydroxylation sites is 1. The number of nitrogens with one attached hydrogen (secondary N) is 2. The second-order valence-corrected chi connectivity index (χ2v) is 5.06. The highest BCUT2D eigenvalue weighted by molar-refractivity contribution is 5.91. The minimum atomic E-state index is -4.53. The second kappa shape index (κ2) is 8.58. The number of amides is 1. The van der Waals surface area contributed by atoms with E-state index in [1.807, 2.05) is 0 Å². The summed E-state index contributed by atoms with van der Waals surface area (Å²) in [6.45, 7) is 2.08. The lowest BCUT2D eigenvalue weighted by Gasteiger charge is -2.11. The molecule has 2 rings (SSSR count). The normalized spacial score (nSPS) is 11.5. The van der Waals surface area contributed by atoms with Crippen molar-refractivity contribution in [1.29, 1.82) is 0 Å². The van der Waals surface area contributed by atoms with Crippen LogP contribution in [-0.4, -0.2) is 54.3 Å². The van der Waals surface area contributed by atoms with Gasteiger partial charge in [0.05, 0.1) is 24.1 Å². The Kier molecular flexibility index (Phi) is 6.48. The van der Waals surface area contributed by atoms with Gasteiger partial charge in [0, 0.05) is 26.7 Å². The molecule has 136 valence electrons. The first-order valence-corrected chi connectivity index (χ1v) is 7.50. The molecule has 0 saturated carbocycles. The minimum absolute atomic E-state index is 0.0612. The molecule has 7 nitrogen and oxygen atoms in total. The standard InChI is InChI=1S/C15H18F3N5O2/c1-25-9-8-19-6-7-20-14(24)12-10-23(22-21-12)13-5-3-2-4-11(13)15(16,17)18/h2-5,10,19H,6-9H2,1H3,(H,20,24). The number of carbonyl (C=O) groups excluding carboxylic acids is 1. The summed E-state index contributed by atoms with van der Waals surface area (Å²) in [6.07, 6.45) is -3.36. The number of hydrogen-bond acceptors (Lipinski definition) is 5. The van der Waals surface area contributed by atoms with Crippen molar-refractivity contribution in [1.82, 2.24) is 25.6 Å². The lowest BCUT2D eigenvalue weighted by molar-refractivity contribution is -0.137. The Bertz CT molecular complexity index is 702. The molecule has 2 N–H and O–H groups in total. The third kappa shape index (κ3) is 5.26. The molecular weight excluding hydrogens is 339 g/mol. The van der Waals surface area contributed by atoms with Gasteiger partial charge in [-0.15, -0.1) is 5.10 Å². The first-order valence-electron chi connectivity index (χ1n) is 7.50. The van der Waals surface area contributed by atoms with E-state index in [2.05, 4.69) is 20.9 Å². The van der Waals surface area contributed by atoms with Gasteiger partial charge in [0.1, 0.15) is 0 Å². The molecule has 0 saturated heterocycles. The average Bonchev–Trinajstić information content (AvgIpc) is 3.07. The van der Waals surface area contributed by atoms with Gasteiger partial charge in [-0.1, -0.05) is 17.3 Å². The summed E-state index contributed by atoms with van der Waals surface area (Å²) >= 11 is 0. The molecule has 1 heterocycles. The number of ether oxygens (including phenoxy) is 1. The first kappa shape index (κ1) is 18.9. The van der Waals surface area contributed by atoms with Crippen molar-refractivity contribution in [2.24, 2.45) is 0 Å². The molecule has 2 aromatic rings. The quantitative estimate of drug-likeness (QED) is 0.695. The largest absolute Gasteiger partial charge is 0.418 e. The van der Waals surface area contributed by atoms with Gasteiger partial charge in [0.2, 0.25) is 0 Å². The Morgan fingerprint density at radius 3 is 2.72 bits per heavy atom. The molecule has 0 aliphatic rings. The van der Waals surface area contributed by atoms with E-state index in [1.54, 1.807) is 7.11 Å². The van der Waals surface area contributed by atoms with E-state index in [9.17, 15) is 18.0 Å². The van der Waals surface area contributed by atoms with E-state index >= 15 is 0 Å². The predicted octanol–water partition coefficient (Wildman–Crippen LogP) is 1.25. The van der Waals surface area contributed by atoms with Crippen molar-refractivity contribution in [3.63, 3.8) is 0 Å². The molecular formula is C15H18F3N5O2. The average molecular weight is 357 g/mol. The van der Waals surface area contributed by atoms with Gasteiger partial charge >= 0.3 is 6.18 Å². The number of nitrogens with zero attached hydrogens (tertiary/aromatic N) is 3.